The van der Waals surface area contributed by atoms with Crippen molar-refractivity contribution in [3.8, 4) is 0 Å². The highest BCUT2D eigenvalue weighted by atomic mass is 16.5. The van der Waals surface area contributed by atoms with E-state index in [0.717, 1.165) is 0 Å². The number of carbonyl (C=O) groups excluding carboxylic acids is 1. The van der Waals surface area contributed by atoms with Gasteiger partial charge in [0.1, 0.15) is 31.0 Å². The fourth-order valence-electron chi connectivity index (χ4n) is 1.02. The van der Waals surface area contributed by atoms with Gasteiger partial charge in [-0.2, -0.15) is 0 Å². The number of rotatable bonds is 6. The Morgan fingerprint density at radius 1 is 1.22 bits per heavy atom. The average molecular weight is 267 g/mol. The first kappa shape index (κ1) is 15.3. The lowest BCUT2D eigenvalue weighted by molar-refractivity contribution is -0.164. The number of hydrogen-bond donors (Lipinski definition) is 5. The molecule has 0 heterocycles. The first-order valence-electron chi connectivity index (χ1n) is 6.17. The highest BCUT2D eigenvalue weighted by Gasteiger charge is 2.32. The van der Waals surface area contributed by atoms with Crippen LogP contribution in [0.2, 0.25) is 0 Å². The van der Waals surface area contributed by atoms with Crippen LogP contribution < -0.4 is 0 Å². The first-order chi connectivity index (χ1) is 8.67. The van der Waals surface area contributed by atoms with E-state index < -0.39 is 49.0 Å². The summed E-state index contributed by atoms with van der Waals surface area (Å²) in [6.45, 7) is 1.43. The standard InChI is InChI=1S/C11H22O7/c1-11(2,3)10(17)18-5-7(14)9(16)8(15)6(13)4-12/h6-9,12-16H,4-5H2,1-3H3/t6-,7+,8+,9+/m0/s1/i1D. The minimum absolute atomic E-state index is 0.198. The van der Waals surface area contributed by atoms with Crippen LogP contribution in [0.25, 0.3) is 0 Å². The molecule has 0 aliphatic carbocycles. The third-order valence-corrected chi connectivity index (χ3v) is 2.26. The summed E-state index contributed by atoms with van der Waals surface area (Å²) in [5.74, 6) is -0.717. The van der Waals surface area contributed by atoms with Crippen molar-refractivity contribution in [2.24, 2.45) is 5.41 Å². The lowest BCUT2D eigenvalue weighted by atomic mass is 9.97. The second kappa shape index (κ2) is 7.01. The van der Waals surface area contributed by atoms with Gasteiger partial charge in [-0.15, -0.1) is 0 Å². The third-order valence-electron chi connectivity index (χ3n) is 2.26. The monoisotopic (exact) mass is 267 g/mol. The number of aliphatic hydroxyl groups is 5. The normalized spacial score (nSPS) is 19.6. The largest absolute Gasteiger partial charge is 0.462 e. The molecular weight excluding hydrogens is 244 g/mol. The van der Waals surface area contributed by atoms with Gasteiger partial charge in [0.15, 0.2) is 0 Å². The SMILES string of the molecule is [2H]CC(C)(C)C(=O)OC[C@@H](O)[C@@H](O)[C@H](O)[C@@H](O)CO. The van der Waals surface area contributed by atoms with Crippen molar-refractivity contribution in [3.05, 3.63) is 0 Å². The Morgan fingerprint density at radius 2 is 1.72 bits per heavy atom. The van der Waals surface area contributed by atoms with Gasteiger partial charge in [0.05, 0.1) is 12.0 Å². The van der Waals surface area contributed by atoms with Gasteiger partial charge in [0, 0.05) is 1.37 Å². The van der Waals surface area contributed by atoms with E-state index in [1.54, 1.807) is 0 Å². The number of esters is 1. The fourth-order valence-corrected chi connectivity index (χ4v) is 1.02. The van der Waals surface area contributed by atoms with Gasteiger partial charge in [0.25, 0.3) is 0 Å². The second-order valence-corrected chi connectivity index (χ2v) is 4.78. The van der Waals surface area contributed by atoms with Crippen LogP contribution in [-0.4, -0.2) is 69.1 Å². The lowest BCUT2D eigenvalue weighted by Gasteiger charge is -2.26. The molecule has 18 heavy (non-hydrogen) atoms. The van der Waals surface area contributed by atoms with E-state index in [0.29, 0.717) is 0 Å². The Morgan fingerprint density at radius 3 is 2.17 bits per heavy atom. The molecule has 7 nitrogen and oxygen atoms in total. The number of hydrogen-bond acceptors (Lipinski definition) is 7. The van der Waals surface area contributed by atoms with Crippen molar-refractivity contribution < 1.29 is 36.4 Å². The zero-order valence-corrected chi connectivity index (χ0v) is 10.5. The molecule has 0 aromatic carbocycles. The molecule has 0 radical (unpaired) electrons. The van der Waals surface area contributed by atoms with Crippen LogP contribution in [0.4, 0.5) is 0 Å². The molecule has 108 valence electrons. The molecule has 4 atom stereocenters. The summed E-state index contributed by atoms with van der Waals surface area (Å²) >= 11 is 0. The molecule has 0 bridgehead atoms. The molecule has 0 spiro atoms. The molecule has 0 rings (SSSR count). The van der Waals surface area contributed by atoms with Crippen LogP contribution in [0, 0.1) is 5.41 Å². The van der Waals surface area contributed by atoms with Gasteiger partial charge in [-0.1, -0.05) is 0 Å². The molecule has 0 aromatic heterocycles. The second-order valence-electron chi connectivity index (χ2n) is 4.78. The maximum absolute atomic E-state index is 11.5. The Balaban J connectivity index is 4.32. The van der Waals surface area contributed by atoms with Crippen molar-refractivity contribution in [2.45, 2.75) is 45.2 Å². The predicted molar refractivity (Wildman–Crippen MR) is 61.5 cm³/mol. The molecule has 5 N–H and O–H groups in total. The Hall–Kier alpha value is -0.730. The maximum Gasteiger partial charge on any atom is 0.311 e. The topological polar surface area (TPSA) is 127 Å². The van der Waals surface area contributed by atoms with Crippen molar-refractivity contribution in [1.82, 2.24) is 0 Å². The summed E-state index contributed by atoms with van der Waals surface area (Å²) in [5, 5.41) is 46.0. The van der Waals surface area contributed by atoms with Crippen LogP contribution in [-0.2, 0) is 9.53 Å². The summed E-state index contributed by atoms with van der Waals surface area (Å²) in [6.07, 6.45) is -6.75. The Labute approximate surface area is 107 Å². The summed E-state index contributed by atoms with van der Waals surface area (Å²) in [4.78, 5) is 11.5. The number of carbonyl (C=O) groups is 1. The van der Waals surface area contributed by atoms with Gasteiger partial charge >= 0.3 is 5.97 Å². The smallest absolute Gasteiger partial charge is 0.311 e. The van der Waals surface area contributed by atoms with Crippen LogP contribution in [0.1, 0.15) is 22.1 Å². The number of aliphatic hydroxyl groups excluding tert-OH is 5. The molecule has 0 saturated carbocycles. The quantitative estimate of drug-likeness (QED) is 0.352. The summed E-state index contributed by atoms with van der Waals surface area (Å²) in [7, 11) is 0. The van der Waals surface area contributed by atoms with Crippen molar-refractivity contribution in [1.29, 1.82) is 0 Å². The van der Waals surface area contributed by atoms with Crippen LogP contribution in [0.3, 0.4) is 0 Å². The van der Waals surface area contributed by atoms with Crippen molar-refractivity contribution in [2.75, 3.05) is 13.2 Å². The predicted octanol–water partition coefficient (Wildman–Crippen LogP) is -1.99. The van der Waals surface area contributed by atoms with E-state index in [4.69, 9.17) is 16.3 Å². The van der Waals surface area contributed by atoms with Gasteiger partial charge in [0.2, 0.25) is 0 Å². The van der Waals surface area contributed by atoms with Crippen molar-refractivity contribution >= 4 is 5.97 Å². The van der Waals surface area contributed by atoms with Gasteiger partial charge < -0.3 is 30.3 Å². The average Bonchev–Trinajstić information content (AvgIpc) is 2.41. The van der Waals surface area contributed by atoms with Crippen LogP contribution >= 0.6 is 0 Å². The van der Waals surface area contributed by atoms with E-state index in [1.165, 1.54) is 13.8 Å². The molecule has 0 aromatic rings. The molecule has 0 aliphatic heterocycles. The highest BCUT2D eigenvalue weighted by molar-refractivity contribution is 5.75. The Bertz CT molecular complexity index is 284. The first-order valence-corrected chi connectivity index (χ1v) is 5.47. The molecule has 0 saturated heterocycles. The molecule has 7 heteroatoms. The van der Waals surface area contributed by atoms with E-state index >= 15 is 0 Å². The Kier molecular flexibility index (Phi) is 5.97. The fraction of sp³-hybridized carbons (Fsp3) is 0.909. The van der Waals surface area contributed by atoms with Gasteiger partial charge in [-0.3, -0.25) is 4.79 Å². The van der Waals surface area contributed by atoms with E-state index in [1.807, 2.05) is 0 Å². The lowest BCUT2D eigenvalue weighted by Crippen LogP contribution is -2.47. The summed E-state index contributed by atoms with van der Waals surface area (Å²) in [5.41, 5.74) is -1.03. The maximum atomic E-state index is 11.5. The molecule has 0 aliphatic rings. The molecule has 0 amide bonds. The minimum atomic E-state index is -1.77. The zero-order chi connectivity index (χ0) is 15.2. The van der Waals surface area contributed by atoms with E-state index in [-0.39, 0.29) is 6.90 Å². The van der Waals surface area contributed by atoms with Crippen molar-refractivity contribution in [3.63, 3.8) is 0 Å². The number of ether oxygens (including phenoxy) is 1. The molecular formula is C11H22O7. The van der Waals surface area contributed by atoms with Gasteiger partial charge in [-0.25, -0.2) is 0 Å². The zero-order valence-electron chi connectivity index (χ0n) is 11.5. The minimum Gasteiger partial charge on any atom is -0.462 e. The summed E-state index contributed by atoms with van der Waals surface area (Å²) in [6, 6.07) is 0. The summed E-state index contributed by atoms with van der Waals surface area (Å²) < 4.78 is 11.9. The third kappa shape index (κ3) is 5.28. The van der Waals surface area contributed by atoms with E-state index in [9.17, 15) is 20.1 Å². The van der Waals surface area contributed by atoms with E-state index in [2.05, 4.69) is 0 Å². The molecule has 0 unspecified atom stereocenters. The molecule has 0 fully saturated rings. The van der Waals surface area contributed by atoms with Crippen LogP contribution in [0.15, 0.2) is 0 Å². The highest BCUT2D eigenvalue weighted by Crippen LogP contribution is 2.15. The van der Waals surface area contributed by atoms with Gasteiger partial charge in [-0.05, 0) is 20.7 Å². The van der Waals surface area contributed by atoms with Crippen LogP contribution in [0.5, 0.6) is 0 Å².